The van der Waals surface area contributed by atoms with Crippen molar-refractivity contribution in [2.24, 2.45) is 35.0 Å². The van der Waals surface area contributed by atoms with E-state index in [9.17, 15) is 4.79 Å². The smallest absolute Gasteiger partial charge is 0.239 e. The van der Waals surface area contributed by atoms with E-state index < -0.39 is 5.41 Å². The van der Waals surface area contributed by atoms with Crippen molar-refractivity contribution in [3.8, 4) is 6.07 Å². The summed E-state index contributed by atoms with van der Waals surface area (Å²) in [5.41, 5.74) is -0.897. The number of hydrogen-bond donors (Lipinski definition) is 1. The molecule has 0 radical (unpaired) electrons. The van der Waals surface area contributed by atoms with Crippen LogP contribution in [-0.2, 0) is 4.79 Å². The second-order valence-corrected chi connectivity index (χ2v) is 7.54. The maximum absolute atomic E-state index is 12.0. The molecule has 19 heavy (non-hydrogen) atoms. The first-order valence-corrected chi connectivity index (χ1v) is 7.69. The number of amides is 1. The summed E-state index contributed by atoms with van der Waals surface area (Å²) in [6.45, 7) is 4.18. The molecule has 4 fully saturated rings. The van der Waals surface area contributed by atoms with Crippen molar-refractivity contribution in [2.75, 3.05) is 6.54 Å². The summed E-state index contributed by atoms with van der Waals surface area (Å²) in [6, 6.07) is 2.08. The molecule has 1 amide bonds. The molecule has 0 aromatic carbocycles. The van der Waals surface area contributed by atoms with Gasteiger partial charge in [-0.25, -0.2) is 0 Å². The van der Waals surface area contributed by atoms with Crippen LogP contribution >= 0.6 is 0 Å². The summed E-state index contributed by atoms with van der Waals surface area (Å²) < 4.78 is 0. The van der Waals surface area contributed by atoms with Crippen LogP contribution in [0.4, 0.5) is 0 Å². The molecule has 0 spiro atoms. The second-order valence-electron chi connectivity index (χ2n) is 7.54. The van der Waals surface area contributed by atoms with Crippen molar-refractivity contribution in [1.82, 2.24) is 5.32 Å². The van der Waals surface area contributed by atoms with E-state index in [1.165, 1.54) is 32.1 Å². The predicted molar refractivity (Wildman–Crippen MR) is 72.9 cm³/mol. The zero-order valence-electron chi connectivity index (χ0n) is 12.0. The number of nitriles is 1. The quantitative estimate of drug-likeness (QED) is 0.848. The van der Waals surface area contributed by atoms with Gasteiger partial charge in [0.2, 0.25) is 5.91 Å². The van der Waals surface area contributed by atoms with E-state index in [1.807, 2.05) is 0 Å². The lowest BCUT2D eigenvalue weighted by molar-refractivity contribution is -0.127. The average Bonchev–Trinajstić information content (AvgIpc) is 2.36. The first-order chi connectivity index (χ1) is 8.99. The van der Waals surface area contributed by atoms with E-state index in [4.69, 9.17) is 5.26 Å². The maximum atomic E-state index is 12.0. The monoisotopic (exact) mass is 260 g/mol. The molecule has 1 N–H and O–H groups in total. The zero-order chi connectivity index (χ0) is 13.6. The highest BCUT2D eigenvalue weighted by molar-refractivity contribution is 5.84. The van der Waals surface area contributed by atoms with E-state index in [0.29, 0.717) is 5.92 Å². The first-order valence-electron chi connectivity index (χ1n) is 7.69. The molecule has 0 aromatic rings. The van der Waals surface area contributed by atoms with Crippen molar-refractivity contribution in [3.05, 3.63) is 0 Å². The SMILES string of the molecule is CC(C)(C#N)C(=O)NCC1C2CC3CC(C2)CC1C3. The van der Waals surface area contributed by atoms with Gasteiger partial charge >= 0.3 is 0 Å². The van der Waals surface area contributed by atoms with Crippen molar-refractivity contribution >= 4 is 5.91 Å². The molecule has 4 aliphatic carbocycles. The zero-order valence-corrected chi connectivity index (χ0v) is 12.0. The molecule has 3 nitrogen and oxygen atoms in total. The van der Waals surface area contributed by atoms with Gasteiger partial charge in [0.25, 0.3) is 0 Å². The third-order valence-corrected chi connectivity index (χ3v) is 5.77. The third kappa shape index (κ3) is 2.26. The lowest BCUT2D eigenvalue weighted by atomic mass is 9.52. The van der Waals surface area contributed by atoms with Crippen LogP contribution in [0.3, 0.4) is 0 Å². The number of nitrogens with zero attached hydrogens (tertiary/aromatic N) is 1. The Morgan fingerprint density at radius 1 is 1.16 bits per heavy atom. The minimum Gasteiger partial charge on any atom is -0.354 e. The molecule has 4 aliphatic rings. The fourth-order valence-corrected chi connectivity index (χ4v) is 4.85. The molecular weight excluding hydrogens is 236 g/mol. The van der Waals surface area contributed by atoms with Crippen LogP contribution in [0.5, 0.6) is 0 Å². The van der Waals surface area contributed by atoms with Crippen LogP contribution in [0.1, 0.15) is 46.0 Å². The van der Waals surface area contributed by atoms with Crippen LogP contribution in [0, 0.1) is 46.3 Å². The number of carbonyl (C=O) groups excluding carboxylic acids is 1. The van der Waals surface area contributed by atoms with Crippen LogP contribution in [0.25, 0.3) is 0 Å². The molecule has 0 atom stereocenters. The average molecular weight is 260 g/mol. The summed E-state index contributed by atoms with van der Waals surface area (Å²) in [6.07, 6.45) is 7.00. The highest BCUT2D eigenvalue weighted by Crippen LogP contribution is 2.56. The highest BCUT2D eigenvalue weighted by atomic mass is 16.2. The molecule has 3 heteroatoms. The van der Waals surface area contributed by atoms with Crippen molar-refractivity contribution in [3.63, 3.8) is 0 Å². The van der Waals surface area contributed by atoms with Gasteiger partial charge in [0, 0.05) is 6.54 Å². The lowest BCUT2D eigenvalue weighted by Crippen LogP contribution is -2.50. The van der Waals surface area contributed by atoms with Gasteiger partial charge in [-0.15, -0.1) is 0 Å². The summed E-state index contributed by atoms with van der Waals surface area (Å²) in [5, 5.41) is 12.0. The third-order valence-electron chi connectivity index (χ3n) is 5.77. The molecule has 4 saturated carbocycles. The molecule has 0 saturated heterocycles. The van der Waals surface area contributed by atoms with Gasteiger partial charge in [0.1, 0.15) is 5.41 Å². The van der Waals surface area contributed by atoms with Crippen molar-refractivity contribution < 1.29 is 4.79 Å². The van der Waals surface area contributed by atoms with E-state index in [1.54, 1.807) is 13.8 Å². The van der Waals surface area contributed by atoms with Crippen LogP contribution in [-0.4, -0.2) is 12.5 Å². The van der Waals surface area contributed by atoms with Gasteiger partial charge in [-0.2, -0.15) is 5.26 Å². The largest absolute Gasteiger partial charge is 0.354 e. The molecule has 0 aromatic heterocycles. The Hall–Kier alpha value is -1.04. The van der Waals surface area contributed by atoms with Gasteiger partial charge in [-0.1, -0.05) is 0 Å². The summed E-state index contributed by atoms with van der Waals surface area (Å²) in [5.74, 6) is 4.19. The van der Waals surface area contributed by atoms with Gasteiger partial charge in [0.15, 0.2) is 0 Å². The van der Waals surface area contributed by atoms with Gasteiger partial charge in [0.05, 0.1) is 6.07 Å². The molecule has 0 unspecified atom stereocenters. The molecule has 104 valence electrons. The van der Waals surface area contributed by atoms with Crippen LogP contribution in [0.15, 0.2) is 0 Å². The predicted octanol–water partition coefficient (Wildman–Crippen LogP) is 2.72. The minimum atomic E-state index is -0.897. The van der Waals surface area contributed by atoms with Gasteiger partial charge < -0.3 is 5.32 Å². The van der Waals surface area contributed by atoms with Crippen LogP contribution in [0.2, 0.25) is 0 Å². The minimum absolute atomic E-state index is 0.108. The van der Waals surface area contributed by atoms with Crippen molar-refractivity contribution in [1.29, 1.82) is 5.26 Å². The van der Waals surface area contributed by atoms with E-state index in [0.717, 1.165) is 30.2 Å². The normalized spacial score (nSPS) is 39.9. The summed E-state index contributed by atoms with van der Waals surface area (Å²) in [4.78, 5) is 12.0. The number of rotatable bonds is 3. The Kier molecular flexibility index (Phi) is 3.08. The topological polar surface area (TPSA) is 52.9 Å². The Labute approximate surface area is 115 Å². The number of carbonyl (C=O) groups is 1. The molecule has 0 heterocycles. The Morgan fingerprint density at radius 3 is 2.16 bits per heavy atom. The summed E-state index contributed by atoms with van der Waals surface area (Å²) in [7, 11) is 0. The highest BCUT2D eigenvalue weighted by Gasteiger charge is 2.48. The summed E-state index contributed by atoms with van der Waals surface area (Å²) >= 11 is 0. The Morgan fingerprint density at radius 2 is 1.68 bits per heavy atom. The maximum Gasteiger partial charge on any atom is 0.239 e. The number of nitrogens with one attached hydrogen (secondary N) is 1. The molecule has 4 rings (SSSR count). The number of hydrogen-bond acceptors (Lipinski definition) is 2. The van der Waals surface area contributed by atoms with E-state index in [2.05, 4.69) is 11.4 Å². The fourth-order valence-electron chi connectivity index (χ4n) is 4.85. The Bertz CT molecular complexity index is 393. The second kappa shape index (κ2) is 4.51. The molecular formula is C16H24N2O. The van der Waals surface area contributed by atoms with E-state index >= 15 is 0 Å². The van der Waals surface area contributed by atoms with Crippen molar-refractivity contribution in [2.45, 2.75) is 46.0 Å². The standard InChI is InChI=1S/C16H24N2O/c1-16(2,9-17)15(19)18-8-14-12-4-10-3-11(6-12)7-13(14)5-10/h10-14H,3-8H2,1-2H3,(H,18,19). The molecule has 0 aliphatic heterocycles. The van der Waals surface area contributed by atoms with E-state index in [-0.39, 0.29) is 5.91 Å². The first kappa shape index (κ1) is 13.0. The van der Waals surface area contributed by atoms with Crippen LogP contribution < -0.4 is 5.32 Å². The fraction of sp³-hybridized carbons (Fsp3) is 0.875. The molecule has 4 bridgehead atoms. The van der Waals surface area contributed by atoms with Gasteiger partial charge in [-0.05, 0) is 75.5 Å². The lowest BCUT2D eigenvalue weighted by Gasteiger charge is -2.54. The van der Waals surface area contributed by atoms with Gasteiger partial charge in [-0.3, -0.25) is 4.79 Å². The Balaban J connectivity index is 1.60.